The maximum Gasteiger partial charge on any atom is 0.326 e. The molecule has 0 saturated carbocycles. The third-order valence-electron chi connectivity index (χ3n) is 18.6. The van der Waals surface area contributed by atoms with Crippen LogP contribution >= 0.6 is 11.8 Å². The number of hydrogen-bond acceptors (Lipinski definition) is 20. The Bertz CT molecular complexity index is 3770. The van der Waals surface area contributed by atoms with E-state index in [1.54, 1.807) is 74.6 Å². The Morgan fingerprint density at radius 2 is 1.07 bits per heavy atom. The van der Waals surface area contributed by atoms with Gasteiger partial charge < -0.3 is 112 Å². The van der Waals surface area contributed by atoms with E-state index in [2.05, 4.69) is 78.4 Å². The van der Waals surface area contributed by atoms with Gasteiger partial charge in [-0.15, -0.1) is 0 Å². The van der Waals surface area contributed by atoms with Gasteiger partial charge in [-0.1, -0.05) is 62.4 Å². The molecule has 37 nitrogen and oxygen atoms in total. The number of benzene rings is 2. The number of aromatic nitrogens is 3. The van der Waals surface area contributed by atoms with E-state index in [0.717, 1.165) is 0 Å². The SMILES string of the molecule is CSCCCC(=O)N[C@@H](CCC(=O)O)C(=O)N[C@@H](Cc1cnc[nH]1)C(=O)N[C@@H](Cc1ccccc1)C(=O)N[C@@H](CCCN=C(N)N)C(=O)N[C@@H](Cc1c[nH]c2ccccc12)C(=O)NCC(=O)N[C@@H](CCCCN)C(=O)N1CCC[C@H]1C(=O)N[C@H](C(=O)NCC(=O)N[C@@H](CCCCN)C(=O)N[C@@H](CCCCN)C(=O)O)C(C)C. The Kier molecular flexibility index (Phi) is 40.6. The Morgan fingerprint density at radius 3 is 1.65 bits per heavy atom. The van der Waals surface area contributed by atoms with Gasteiger partial charge in [0.15, 0.2) is 5.96 Å². The van der Waals surface area contributed by atoms with Gasteiger partial charge in [0.2, 0.25) is 70.9 Å². The van der Waals surface area contributed by atoms with Crippen molar-refractivity contribution in [2.45, 2.75) is 203 Å². The predicted octanol–water partition coefficient (Wildman–Crippen LogP) is -2.31. The normalized spacial score (nSPS) is 14.9. The number of carbonyl (C=O) groups excluding carboxylic acids is 12. The van der Waals surface area contributed by atoms with Gasteiger partial charge in [0, 0.05) is 74.2 Å². The number of rotatable bonds is 53. The number of nitrogens with two attached hydrogens (primary N) is 5. The summed E-state index contributed by atoms with van der Waals surface area (Å²) >= 11 is 1.51. The zero-order chi connectivity index (χ0) is 82.1. The van der Waals surface area contributed by atoms with Crippen LogP contribution in [0.3, 0.4) is 0 Å². The number of fused-ring (bicyclic) bond motifs is 1. The van der Waals surface area contributed by atoms with Crippen LogP contribution in [0.25, 0.3) is 10.9 Å². The van der Waals surface area contributed by atoms with Gasteiger partial charge in [-0.3, -0.25) is 67.3 Å². The minimum atomic E-state index is -1.49. The summed E-state index contributed by atoms with van der Waals surface area (Å²) in [5, 5.41) is 49.1. The molecule has 5 rings (SSSR count). The molecule has 112 heavy (non-hydrogen) atoms. The van der Waals surface area contributed by atoms with Gasteiger partial charge in [0.1, 0.15) is 60.4 Å². The second kappa shape index (κ2) is 49.5. The van der Waals surface area contributed by atoms with Crippen LogP contribution in [0.2, 0.25) is 0 Å². The van der Waals surface area contributed by atoms with Gasteiger partial charge in [0.25, 0.3) is 0 Å². The van der Waals surface area contributed by atoms with Gasteiger partial charge >= 0.3 is 11.9 Å². The summed E-state index contributed by atoms with van der Waals surface area (Å²) in [5.41, 5.74) is 30.6. The van der Waals surface area contributed by atoms with E-state index >= 15 is 4.79 Å². The van der Waals surface area contributed by atoms with Crippen LogP contribution in [0.15, 0.2) is 78.3 Å². The molecule has 1 aliphatic heterocycles. The van der Waals surface area contributed by atoms with E-state index < -0.39 is 169 Å². The fraction of sp³-hybridized carbons (Fsp3) is 0.568. The summed E-state index contributed by atoms with van der Waals surface area (Å²) in [7, 11) is 0. The van der Waals surface area contributed by atoms with E-state index in [-0.39, 0.29) is 96.2 Å². The van der Waals surface area contributed by atoms with Gasteiger partial charge in [-0.05, 0) is 151 Å². The van der Waals surface area contributed by atoms with E-state index in [9.17, 15) is 72.5 Å². The van der Waals surface area contributed by atoms with Gasteiger partial charge in [0.05, 0.1) is 19.4 Å². The van der Waals surface area contributed by atoms with Crippen molar-refractivity contribution in [2.75, 3.05) is 57.8 Å². The van der Waals surface area contributed by atoms with E-state index in [1.165, 1.54) is 29.2 Å². The molecule has 2 aromatic heterocycles. The number of nitrogens with one attached hydrogen (secondary N) is 13. The number of aliphatic imine (C=N–C) groups is 1. The largest absolute Gasteiger partial charge is 0.481 e. The van der Waals surface area contributed by atoms with Crippen molar-refractivity contribution in [1.82, 2.24) is 78.3 Å². The number of nitrogens with zero attached hydrogens (tertiary/aromatic N) is 3. The molecule has 616 valence electrons. The molecule has 4 aromatic rings. The average Bonchev–Trinajstić information content (AvgIpc) is 1.67. The molecule has 38 heteroatoms. The molecule has 1 aliphatic rings. The number of thioether (sulfide) groups is 1. The summed E-state index contributed by atoms with van der Waals surface area (Å²) in [6.45, 7) is 2.85. The number of para-hydroxylation sites is 1. The number of H-pyrrole nitrogens is 2. The predicted molar refractivity (Wildman–Crippen MR) is 418 cm³/mol. The molecule has 2 aromatic carbocycles. The molecule has 1 saturated heterocycles. The first kappa shape index (κ1) is 91.9. The highest BCUT2D eigenvalue weighted by molar-refractivity contribution is 7.98. The molecule has 0 unspecified atom stereocenters. The smallest absolute Gasteiger partial charge is 0.326 e. The van der Waals surface area contributed by atoms with Crippen molar-refractivity contribution in [3.8, 4) is 0 Å². The second-order valence-electron chi connectivity index (χ2n) is 27.7. The van der Waals surface area contributed by atoms with E-state index in [4.69, 9.17) is 28.7 Å². The third kappa shape index (κ3) is 32.3. The number of carboxylic acid groups (broad SMARTS) is 2. The number of amides is 12. The first-order chi connectivity index (χ1) is 53.7. The maximum absolute atomic E-state index is 15.0. The van der Waals surface area contributed by atoms with Crippen LogP contribution in [0, 0.1) is 5.92 Å². The molecular weight excluding hydrogens is 1470 g/mol. The number of guanidine groups is 1. The van der Waals surface area contributed by atoms with E-state index in [1.807, 2.05) is 6.26 Å². The third-order valence-corrected chi connectivity index (χ3v) is 19.3. The first-order valence-corrected chi connectivity index (χ1v) is 39.3. The highest BCUT2D eigenvalue weighted by Gasteiger charge is 2.41. The summed E-state index contributed by atoms with van der Waals surface area (Å²) < 4.78 is 0. The number of carbonyl (C=O) groups is 14. The highest BCUT2D eigenvalue weighted by atomic mass is 32.2. The summed E-state index contributed by atoms with van der Waals surface area (Å²) in [6.07, 6.45) is 8.73. The number of carboxylic acids is 2. The quantitative estimate of drug-likeness (QED) is 0.0125. The minimum absolute atomic E-state index is 0.0229. The van der Waals surface area contributed by atoms with Crippen LogP contribution < -0.4 is 87.2 Å². The Labute approximate surface area is 654 Å². The van der Waals surface area contributed by atoms with Gasteiger partial charge in [-0.2, -0.15) is 11.8 Å². The van der Waals surface area contributed by atoms with Crippen LogP contribution in [0.4, 0.5) is 0 Å². The molecule has 1 fully saturated rings. The number of hydrogen-bond donors (Lipinski definition) is 20. The monoisotopic (exact) mass is 1580 g/mol. The second-order valence-corrected chi connectivity index (χ2v) is 28.7. The molecule has 0 spiro atoms. The zero-order valence-electron chi connectivity index (χ0n) is 63.8. The number of aliphatic carboxylic acids is 2. The lowest BCUT2D eigenvalue weighted by molar-refractivity contribution is -0.142. The Balaban J connectivity index is 1.35. The van der Waals surface area contributed by atoms with Crippen molar-refractivity contribution < 1.29 is 77.3 Å². The molecule has 0 bridgehead atoms. The fourth-order valence-electron chi connectivity index (χ4n) is 12.5. The van der Waals surface area contributed by atoms with Crippen LogP contribution in [0.1, 0.15) is 140 Å². The summed E-state index contributed by atoms with van der Waals surface area (Å²) in [5.74, 6) is -12.1. The lowest BCUT2D eigenvalue weighted by atomic mass is 10.0. The standard InChI is InChI=1S/C74H113N21O16S/c1-44(2)63(71(108)84-42-60(97)87-50(22-9-12-30-75)65(102)90-54(73(110)111)24-11-14-32-77)94-70(107)58-26-16-34-95(58)72(109)53(23-10-13-31-76)88-61(98)41-83-64(101)56(37-46-39-82-49-21-8-7-20-48(46)49)92-66(103)51(25-15-33-81-74(78)79)89-68(105)55(36-45-18-5-4-6-19-45)91-69(106)57(38-47-40-80-43-85-47)93-67(104)52(28-29-62(99)100)86-59(96)27-17-35-112-3/h4-8,18-21,39-40,43-44,50-58,63,82H,9-17,22-38,41-42,75-77H2,1-3H3,(H,80,85)(H,83,101)(H,84,108)(H,86,96)(H,87,97)(H,88,98)(H,89,105)(H,90,102)(H,91,106)(H,92,103)(H,93,104)(H,94,107)(H,99,100)(H,110,111)(H4,78,79,81)/t50-,51-,52-,53-,54-,55-,56-,57-,58-,63-/m0/s1. The number of imidazole rings is 1. The van der Waals surface area contributed by atoms with Crippen molar-refractivity contribution in [2.24, 2.45) is 39.6 Å². The van der Waals surface area contributed by atoms with Crippen LogP contribution in [0.5, 0.6) is 0 Å². The number of unbranched alkanes of at least 4 members (excludes halogenated alkanes) is 3. The zero-order valence-corrected chi connectivity index (χ0v) is 64.6. The van der Waals surface area contributed by atoms with Crippen molar-refractivity contribution >= 4 is 111 Å². The lowest BCUT2D eigenvalue weighted by Crippen LogP contribution is -2.60. The van der Waals surface area contributed by atoms with Gasteiger partial charge in [-0.25, -0.2) is 9.78 Å². The average molecular weight is 1580 g/mol. The molecule has 0 radical (unpaired) electrons. The number of likely N-dealkylation sites (tertiary alicyclic amines) is 1. The Morgan fingerprint density at radius 1 is 0.554 bits per heavy atom. The highest BCUT2D eigenvalue weighted by Crippen LogP contribution is 2.23. The molecule has 12 amide bonds. The molecule has 0 aliphatic carbocycles. The molecule has 25 N–H and O–H groups in total. The van der Waals surface area contributed by atoms with Crippen molar-refractivity contribution in [3.05, 3.63) is 90.1 Å². The van der Waals surface area contributed by atoms with Crippen LogP contribution in [-0.4, -0.2) is 237 Å². The molecular formula is C74H113N21O16S. The van der Waals surface area contributed by atoms with E-state index in [0.29, 0.717) is 97.9 Å². The Hall–Kier alpha value is -10.7. The first-order valence-electron chi connectivity index (χ1n) is 37.9. The van der Waals surface area contributed by atoms with Crippen molar-refractivity contribution in [3.63, 3.8) is 0 Å². The molecule has 3 heterocycles. The summed E-state index contributed by atoms with van der Waals surface area (Å²) in [6, 6.07) is 2.32. The number of aromatic amines is 2. The summed E-state index contributed by atoms with van der Waals surface area (Å²) in [4.78, 5) is 209. The lowest BCUT2D eigenvalue weighted by Gasteiger charge is -2.30. The maximum atomic E-state index is 15.0. The van der Waals surface area contributed by atoms with Crippen molar-refractivity contribution in [1.29, 1.82) is 0 Å². The molecule has 10 atom stereocenters. The van der Waals surface area contributed by atoms with Crippen LogP contribution in [-0.2, 0) is 86.4 Å². The topological polar surface area (TPSA) is 602 Å². The minimum Gasteiger partial charge on any atom is -0.481 e. The fourth-order valence-corrected chi connectivity index (χ4v) is 13.0.